The topological polar surface area (TPSA) is 108 Å². The molecule has 0 amide bonds. The Bertz CT molecular complexity index is 264. The molecule has 17 heavy (non-hydrogen) atoms. The third-order valence-electron chi connectivity index (χ3n) is 2.41. The number of hydrogen-bond acceptors (Lipinski definition) is 6. The normalized spacial score (nSPS) is 20.7. The summed E-state index contributed by atoms with van der Waals surface area (Å²) in [5, 5.41) is 18.5. The van der Waals surface area contributed by atoms with Gasteiger partial charge in [0, 0.05) is 16.0 Å². The van der Waals surface area contributed by atoms with Crippen LogP contribution >= 0.6 is 0 Å². The molecule has 8 nitrogen and oxygen atoms in total. The Morgan fingerprint density at radius 1 is 1.00 bits per heavy atom. The molecule has 0 aromatic heterocycles. The molecule has 0 bridgehead atoms. The third-order valence-corrected chi connectivity index (χ3v) is 2.41. The van der Waals surface area contributed by atoms with Gasteiger partial charge in [0.25, 0.3) is 0 Å². The van der Waals surface area contributed by atoms with E-state index in [0.29, 0.717) is 11.1 Å². The number of piperidine rings is 1. The molecular formula is C9H19N3O5. The molecule has 100 valence electrons. The second kappa shape index (κ2) is 5.76. The van der Waals surface area contributed by atoms with Crippen LogP contribution in [0.1, 0.15) is 47.0 Å². The lowest BCUT2D eigenvalue weighted by atomic mass is 9.83. The molecule has 1 rings (SSSR count). The Morgan fingerprint density at radius 3 is 1.47 bits per heavy atom. The smallest absolute Gasteiger partial charge is 0.307 e. The number of rotatable bonds is 2. The zero-order valence-corrected chi connectivity index (χ0v) is 10.6. The van der Waals surface area contributed by atoms with Gasteiger partial charge in [0.2, 0.25) is 0 Å². The fraction of sp³-hybridized carbons (Fsp3) is 1.00. The van der Waals surface area contributed by atoms with Gasteiger partial charge in [-0.05, 0) is 47.0 Å². The van der Waals surface area contributed by atoms with Crippen molar-refractivity contribution in [2.45, 2.75) is 58.0 Å². The largest absolute Gasteiger partial charge is 0.356 e. The Morgan fingerprint density at radius 2 is 1.35 bits per heavy atom. The van der Waals surface area contributed by atoms with Crippen LogP contribution in [0.2, 0.25) is 0 Å². The molecule has 1 N–H and O–H groups in total. The Balaban J connectivity index is 0.000000325. The van der Waals surface area contributed by atoms with E-state index < -0.39 is 10.2 Å². The van der Waals surface area contributed by atoms with Gasteiger partial charge in [-0.2, -0.15) is 0 Å². The summed E-state index contributed by atoms with van der Waals surface area (Å²) < 4.78 is 0. The Hall–Kier alpha value is -1.44. The van der Waals surface area contributed by atoms with Crippen LogP contribution in [0.5, 0.6) is 0 Å². The molecule has 1 heterocycles. The highest BCUT2D eigenvalue weighted by atomic mass is 17.1. The fourth-order valence-corrected chi connectivity index (χ4v) is 2.07. The maximum atomic E-state index is 8.95. The van der Waals surface area contributed by atoms with Crippen molar-refractivity contribution >= 4 is 0 Å². The van der Waals surface area contributed by atoms with Gasteiger partial charge in [-0.15, -0.1) is 20.2 Å². The van der Waals surface area contributed by atoms with Gasteiger partial charge in [-0.25, -0.2) is 0 Å². The highest BCUT2D eigenvalue weighted by Crippen LogP contribution is 2.27. The minimum atomic E-state index is -1.50. The van der Waals surface area contributed by atoms with Crippen molar-refractivity contribution in [3.05, 3.63) is 20.2 Å². The zero-order chi connectivity index (χ0) is 13.7. The molecule has 1 saturated heterocycles. The molecule has 0 radical (unpaired) electrons. The summed E-state index contributed by atoms with van der Waals surface area (Å²) in [4.78, 5) is 20.6. The van der Waals surface area contributed by atoms with E-state index in [0.717, 1.165) is 0 Å². The summed E-state index contributed by atoms with van der Waals surface area (Å²) in [6, 6.07) is 0. The lowest BCUT2D eigenvalue weighted by Crippen LogP contribution is -2.55. The van der Waals surface area contributed by atoms with Gasteiger partial charge < -0.3 is 5.32 Å². The second-order valence-corrected chi connectivity index (χ2v) is 5.28. The van der Waals surface area contributed by atoms with Crippen LogP contribution in [-0.4, -0.2) is 21.3 Å². The molecule has 0 saturated carbocycles. The highest BCUT2D eigenvalue weighted by Gasteiger charge is 2.31. The minimum Gasteiger partial charge on any atom is -0.307 e. The van der Waals surface area contributed by atoms with Crippen molar-refractivity contribution in [1.29, 1.82) is 0 Å². The summed E-state index contributed by atoms with van der Waals surface area (Å²) in [6.45, 7) is 9.14. The zero-order valence-electron chi connectivity index (χ0n) is 10.6. The molecule has 0 spiro atoms. The maximum Gasteiger partial charge on any atom is 0.356 e. The minimum absolute atomic E-state index is 0.363. The first-order valence-corrected chi connectivity index (χ1v) is 5.30. The van der Waals surface area contributed by atoms with E-state index in [1.165, 1.54) is 19.3 Å². The molecule has 0 atom stereocenters. The quantitative estimate of drug-likeness (QED) is 0.589. The highest BCUT2D eigenvalue weighted by molar-refractivity contribution is 4.92. The van der Waals surface area contributed by atoms with E-state index in [2.05, 4.69) is 38.0 Å². The Kier molecular flexibility index (Phi) is 5.27. The molecule has 0 aromatic rings. The summed E-state index contributed by atoms with van der Waals surface area (Å²) >= 11 is 0. The van der Waals surface area contributed by atoms with E-state index in [-0.39, 0.29) is 0 Å². The summed E-state index contributed by atoms with van der Waals surface area (Å²) in [5.41, 5.74) is 0.726. The number of hydrogen-bond donors (Lipinski definition) is 1. The monoisotopic (exact) mass is 249 g/mol. The molecule has 0 aliphatic carbocycles. The van der Waals surface area contributed by atoms with Gasteiger partial charge in [0.15, 0.2) is 0 Å². The maximum absolute atomic E-state index is 8.95. The summed E-state index contributed by atoms with van der Waals surface area (Å²) in [6.07, 6.45) is 4.00. The van der Waals surface area contributed by atoms with Crippen molar-refractivity contribution in [3.63, 3.8) is 0 Å². The van der Waals surface area contributed by atoms with Crippen LogP contribution in [0.3, 0.4) is 0 Å². The molecule has 1 aliphatic rings. The van der Waals surface area contributed by atoms with Gasteiger partial charge in [-0.3, -0.25) is 0 Å². The van der Waals surface area contributed by atoms with E-state index in [4.69, 9.17) is 20.2 Å². The molecule has 8 heteroatoms. The predicted molar refractivity (Wildman–Crippen MR) is 60.2 cm³/mol. The first kappa shape index (κ1) is 15.6. The average molecular weight is 249 g/mol. The van der Waals surface area contributed by atoms with Crippen LogP contribution in [0, 0.1) is 20.2 Å². The van der Waals surface area contributed by atoms with Crippen molar-refractivity contribution in [2.75, 3.05) is 0 Å². The Labute approximate surface area is 99.5 Å². The van der Waals surface area contributed by atoms with Gasteiger partial charge in [-0.1, -0.05) is 0 Å². The molecular weight excluding hydrogens is 230 g/mol. The summed E-state index contributed by atoms with van der Waals surface area (Å²) in [5.74, 6) is 0. The lowest BCUT2D eigenvalue weighted by molar-refractivity contribution is -1.03. The van der Waals surface area contributed by atoms with Crippen LogP contribution in [0.25, 0.3) is 0 Å². The fourth-order valence-electron chi connectivity index (χ4n) is 2.07. The standard InChI is InChI=1S/C9H19N.N2O5/c1-8(2)6-5-7-9(3,4)10-8;3-1(4)7-2(5)6/h10H,5-7H2,1-4H3;. The number of nitrogens with one attached hydrogen (secondary N) is 1. The van der Waals surface area contributed by atoms with Crippen molar-refractivity contribution in [3.8, 4) is 0 Å². The third kappa shape index (κ3) is 8.38. The number of nitrogens with zero attached hydrogens (tertiary/aromatic N) is 2. The molecule has 1 aliphatic heterocycles. The van der Waals surface area contributed by atoms with Crippen molar-refractivity contribution in [1.82, 2.24) is 5.32 Å². The van der Waals surface area contributed by atoms with Crippen molar-refractivity contribution < 1.29 is 15.1 Å². The van der Waals surface area contributed by atoms with Crippen LogP contribution < -0.4 is 5.32 Å². The van der Waals surface area contributed by atoms with Crippen molar-refractivity contribution in [2.24, 2.45) is 0 Å². The molecule has 0 aromatic carbocycles. The second-order valence-electron chi connectivity index (χ2n) is 5.28. The van der Waals surface area contributed by atoms with E-state index in [1.807, 2.05) is 0 Å². The summed E-state index contributed by atoms with van der Waals surface area (Å²) in [7, 11) is 0. The van der Waals surface area contributed by atoms with Crippen LogP contribution in [0.4, 0.5) is 0 Å². The predicted octanol–water partition coefficient (Wildman–Crippen LogP) is 1.70. The van der Waals surface area contributed by atoms with E-state index in [9.17, 15) is 0 Å². The van der Waals surface area contributed by atoms with Gasteiger partial charge in [0.1, 0.15) is 0 Å². The molecule has 0 unspecified atom stereocenters. The van der Waals surface area contributed by atoms with Crippen LogP contribution in [0.15, 0.2) is 0 Å². The molecule has 1 fully saturated rings. The lowest BCUT2D eigenvalue weighted by Gasteiger charge is -2.42. The van der Waals surface area contributed by atoms with Gasteiger partial charge in [0.05, 0.1) is 0 Å². The van der Waals surface area contributed by atoms with Crippen LogP contribution in [-0.2, 0) is 4.94 Å². The van der Waals surface area contributed by atoms with E-state index in [1.54, 1.807) is 0 Å². The SMILES string of the molecule is CC1(C)CCCC(C)(C)N1.O=[N+]([O-])O[N+](=O)[O-]. The van der Waals surface area contributed by atoms with Gasteiger partial charge >= 0.3 is 10.2 Å². The van der Waals surface area contributed by atoms with E-state index >= 15 is 0 Å². The first-order valence-electron chi connectivity index (χ1n) is 5.30. The first-order chi connectivity index (χ1) is 7.54. The average Bonchev–Trinajstić information content (AvgIpc) is 1.95.